The number of carbonyl (C=O) groups is 1. The summed E-state index contributed by atoms with van der Waals surface area (Å²) in [7, 11) is 0. The second-order valence-corrected chi connectivity index (χ2v) is 6.00. The molecule has 1 fully saturated rings. The van der Waals surface area contributed by atoms with Crippen LogP contribution in [0, 0.1) is 0 Å². The van der Waals surface area contributed by atoms with Crippen LogP contribution in [0.3, 0.4) is 0 Å². The number of thioether (sulfide) groups is 2. The van der Waals surface area contributed by atoms with E-state index in [1.54, 1.807) is 0 Å². The van der Waals surface area contributed by atoms with Crippen LogP contribution in [0.25, 0.3) is 0 Å². The minimum Gasteiger partial charge on any atom is -0.300 e. The van der Waals surface area contributed by atoms with Crippen LogP contribution in [-0.4, -0.2) is 27.7 Å². The molecule has 0 bridgehead atoms. The van der Waals surface area contributed by atoms with Gasteiger partial charge in [-0.2, -0.15) is 0 Å². The second kappa shape index (κ2) is 4.51. The lowest BCUT2D eigenvalue weighted by atomic mass is 9.99. The molecule has 2 nitrogen and oxygen atoms in total. The molecule has 0 spiro atoms. The lowest BCUT2D eigenvalue weighted by molar-refractivity contribution is -0.120. The Balaban J connectivity index is 1.83. The van der Waals surface area contributed by atoms with E-state index in [1.165, 1.54) is 10.8 Å². The lowest BCUT2D eigenvalue weighted by Gasteiger charge is -2.19. The first-order valence-corrected chi connectivity index (χ1v) is 6.57. The summed E-state index contributed by atoms with van der Waals surface area (Å²) in [5.41, 5.74) is 0. The van der Waals surface area contributed by atoms with Gasteiger partial charge in [-0.05, 0) is 12.8 Å². The first-order valence-electron chi connectivity index (χ1n) is 4.70. The molecule has 0 N–H and O–H groups in total. The fraction of sp³-hybridized carbons (Fsp3) is 0.778. The van der Waals surface area contributed by atoms with Crippen molar-refractivity contribution in [2.24, 2.45) is 4.99 Å². The van der Waals surface area contributed by atoms with Gasteiger partial charge in [-0.3, -0.25) is 9.79 Å². The zero-order valence-electron chi connectivity index (χ0n) is 7.49. The molecule has 1 heterocycles. The van der Waals surface area contributed by atoms with Gasteiger partial charge >= 0.3 is 0 Å². The van der Waals surface area contributed by atoms with Gasteiger partial charge in [0.1, 0.15) is 10.2 Å². The van der Waals surface area contributed by atoms with E-state index >= 15 is 0 Å². The lowest BCUT2D eigenvalue weighted by Crippen LogP contribution is -2.17. The average Bonchev–Trinajstić information content (AvgIpc) is 2.57. The van der Waals surface area contributed by atoms with Crippen LogP contribution in [0.5, 0.6) is 0 Å². The molecule has 4 heteroatoms. The van der Waals surface area contributed by atoms with E-state index in [9.17, 15) is 4.79 Å². The summed E-state index contributed by atoms with van der Waals surface area (Å²) >= 11 is 3.66. The third kappa shape index (κ3) is 2.74. The summed E-state index contributed by atoms with van der Waals surface area (Å²) in [6, 6.07) is 0. The van der Waals surface area contributed by atoms with Crippen molar-refractivity contribution in [2.75, 3.05) is 12.3 Å². The smallest absolute Gasteiger partial charge is 0.134 e. The minimum atomic E-state index is 0.437. The highest BCUT2D eigenvalue weighted by Gasteiger charge is 2.22. The number of nitrogens with zero attached hydrogens (tertiary/aromatic N) is 1. The SMILES string of the molecule is O=C1CCCC(SC2=NCCS2)C1. The van der Waals surface area contributed by atoms with Crippen molar-refractivity contribution in [3.63, 3.8) is 0 Å². The van der Waals surface area contributed by atoms with Crippen molar-refractivity contribution in [3.05, 3.63) is 0 Å². The third-order valence-corrected chi connectivity index (χ3v) is 4.73. The van der Waals surface area contributed by atoms with Crippen molar-refractivity contribution >= 4 is 33.7 Å². The number of Topliss-reactive ketones (excluding diaryl/α,β-unsaturated/α-hetero) is 1. The van der Waals surface area contributed by atoms with Gasteiger partial charge < -0.3 is 0 Å². The van der Waals surface area contributed by atoms with E-state index in [0.717, 1.165) is 31.6 Å². The number of carbonyl (C=O) groups excluding carboxylic acids is 1. The van der Waals surface area contributed by atoms with Crippen molar-refractivity contribution in [1.82, 2.24) is 0 Å². The molecule has 2 aliphatic rings. The molecule has 1 aliphatic heterocycles. The summed E-state index contributed by atoms with van der Waals surface area (Å²) < 4.78 is 1.21. The standard InChI is InChI=1S/C9H13NOS2/c11-7-2-1-3-8(6-7)13-9-10-4-5-12-9/h8H,1-6H2. The van der Waals surface area contributed by atoms with Crippen LogP contribution in [0.4, 0.5) is 0 Å². The molecule has 0 amide bonds. The van der Waals surface area contributed by atoms with E-state index < -0.39 is 0 Å². The summed E-state index contributed by atoms with van der Waals surface area (Å²) in [6.07, 6.45) is 3.84. The van der Waals surface area contributed by atoms with Gasteiger partial charge in [0.15, 0.2) is 0 Å². The summed E-state index contributed by atoms with van der Waals surface area (Å²) in [5.74, 6) is 1.57. The van der Waals surface area contributed by atoms with E-state index in [4.69, 9.17) is 0 Å². The molecule has 0 aromatic rings. The fourth-order valence-corrected chi connectivity index (χ4v) is 4.09. The van der Waals surface area contributed by atoms with Crippen LogP contribution in [0.2, 0.25) is 0 Å². The maximum Gasteiger partial charge on any atom is 0.134 e. The molecule has 1 aliphatic carbocycles. The first-order chi connectivity index (χ1) is 6.34. The molecule has 0 aromatic carbocycles. The maximum atomic E-state index is 11.2. The van der Waals surface area contributed by atoms with E-state index in [1.807, 2.05) is 23.5 Å². The Labute approximate surface area is 87.0 Å². The Kier molecular flexibility index (Phi) is 3.33. The van der Waals surface area contributed by atoms with Gasteiger partial charge in [0.05, 0.1) is 6.54 Å². The van der Waals surface area contributed by atoms with Crippen LogP contribution in [0.1, 0.15) is 25.7 Å². The zero-order chi connectivity index (χ0) is 9.10. The van der Waals surface area contributed by atoms with E-state index in [0.29, 0.717) is 11.0 Å². The van der Waals surface area contributed by atoms with Crippen LogP contribution >= 0.6 is 23.5 Å². The number of hydrogen-bond acceptors (Lipinski definition) is 4. The Morgan fingerprint density at radius 2 is 2.46 bits per heavy atom. The molecular weight excluding hydrogens is 202 g/mol. The van der Waals surface area contributed by atoms with Crippen molar-refractivity contribution in [1.29, 1.82) is 0 Å². The molecule has 0 saturated heterocycles. The highest BCUT2D eigenvalue weighted by atomic mass is 32.2. The molecule has 13 heavy (non-hydrogen) atoms. The van der Waals surface area contributed by atoms with Gasteiger partial charge in [0.2, 0.25) is 0 Å². The first kappa shape index (κ1) is 9.59. The summed E-state index contributed by atoms with van der Waals surface area (Å²) in [5, 5.41) is 0.519. The topological polar surface area (TPSA) is 29.4 Å². The maximum absolute atomic E-state index is 11.2. The monoisotopic (exact) mass is 215 g/mol. The molecule has 0 aromatic heterocycles. The molecule has 1 unspecified atom stereocenters. The van der Waals surface area contributed by atoms with Gasteiger partial charge in [0.25, 0.3) is 0 Å². The average molecular weight is 215 g/mol. The summed E-state index contributed by atoms with van der Waals surface area (Å²) in [6.45, 7) is 0.966. The van der Waals surface area contributed by atoms with Crippen molar-refractivity contribution in [2.45, 2.75) is 30.9 Å². The Morgan fingerprint density at radius 3 is 3.15 bits per heavy atom. The normalized spacial score (nSPS) is 29.1. The number of rotatable bonds is 1. The number of ketones is 1. The quantitative estimate of drug-likeness (QED) is 0.672. The largest absolute Gasteiger partial charge is 0.300 e. The number of aliphatic imine (C=N–C) groups is 1. The molecule has 72 valence electrons. The highest BCUT2D eigenvalue weighted by Crippen LogP contribution is 2.32. The predicted molar refractivity (Wildman–Crippen MR) is 59.6 cm³/mol. The minimum absolute atomic E-state index is 0.437. The Morgan fingerprint density at radius 1 is 1.54 bits per heavy atom. The van der Waals surface area contributed by atoms with Gasteiger partial charge in [-0.25, -0.2) is 0 Å². The highest BCUT2D eigenvalue weighted by molar-refractivity contribution is 8.39. The van der Waals surface area contributed by atoms with E-state index in [2.05, 4.69) is 4.99 Å². The van der Waals surface area contributed by atoms with E-state index in [-0.39, 0.29) is 0 Å². The van der Waals surface area contributed by atoms with Crippen LogP contribution in [-0.2, 0) is 4.79 Å². The van der Waals surface area contributed by atoms with Gasteiger partial charge in [-0.15, -0.1) is 0 Å². The molecule has 1 saturated carbocycles. The summed E-state index contributed by atoms with van der Waals surface area (Å²) in [4.78, 5) is 15.6. The molecular formula is C9H13NOS2. The fourth-order valence-electron chi connectivity index (χ4n) is 1.61. The number of hydrogen-bond donors (Lipinski definition) is 0. The molecule has 0 radical (unpaired) electrons. The third-order valence-electron chi connectivity index (χ3n) is 2.26. The Hall–Kier alpha value is 0.0400. The second-order valence-electron chi connectivity index (χ2n) is 3.37. The van der Waals surface area contributed by atoms with Crippen molar-refractivity contribution in [3.8, 4) is 0 Å². The molecule has 1 atom stereocenters. The van der Waals surface area contributed by atoms with Crippen LogP contribution < -0.4 is 0 Å². The van der Waals surface area contributed by atoms with Gasteiger partial charge in [-0.1, -0.05) is 23.5 Å². The Bertz CT molecular complexity index is 240. The predicted octanol–water partition coefficient (Wildman–Crippen LogP) is 2.33. The molecule has 2 rings (SSSR count). The van der Waals surface area contributed by atoms with Gasteiger partial charge in [0, 0.05) is 23.8 Å². The zero-order valence-corrected chi connectivity index (χ0v) is 9.12. The van der Waals surface area contributed by atoms with Crippen molar-refractivity contribution < 1.29 is 4.79 Å². The van der Waals surface area contributed by atoms with Crippen LogP contribution in [0.15, 0.2) is 4.99 Å².